The molecular weight excluding hydrogens is 180 g/mol. The molecule has 0 fully saturated rings. The van der Waals surface area contributed by atoms with E-state index in [0.29, 0.717) is 12.3 Å². The molecule has 0 aliphatic rings. The summed E-state index contributed by atoms with van der Waals surface area (Å²) in [7, 11) is 0. The molecule has 0 saturated carbocycles. The molecule has 0 aromatic carbocycles. The van der Waals surface area contributed by atoms with E-state index in [1.807, 2.05) is 11.4 Å². The minimum Gasteiger partial charge on any atom is -0.198 e. The second-order valence-electron chi connectivity index (χ2n) is 2.82. The molecule has 1 unspecified atom stereocenters. The summed E-state index contributed by atoms with van der Waals surface area (Å²) in [6.45, 7) is 2.06. The topological polar surface area (TPSA) is 47.6 Å². The second-order valence-corrected chi connectivity index (χ2v) is 3.73. The van der Waals surface area contributed by atoms with E-state index in [1.165, 1.54) is 11.3 Å². The van der Waals surface area contributed by atoms with Crippen LogP contribution in [-0.2, 0) is 0 Å². The highest BCUT2D eigenvalue weighted by Gasteiger charge is 2.10. The molecule has 0 saturated heterocycles. The zero-order chi connectivity index (χ0) is 9.68. The fourth-order valence-corrected chi connectivity index (χ4v) is 2.01. The van der Waals surface area contributed by atoms with Crippen LogP contribution in [0.2, 0.25) is 0 Å². The van der Waals surface area contributed by atoms with Crippen LogP contribution in [0.1, 0.15) is 36.1 Å². The Balaban J connectivity index is 2.81. The Kier molecular flexibility index (Phi) is 3.49. The maximum atomic E-state index is 8.63. The third kappa shape index (κ3) is 2.31. The second kappa shape index (κ2) is 4.64. The molecular formula is C10H10N2S. The van der Waals surface area contributed by atoms with Gasteiger partial charge >= 0.3 is 0 Å². The average Bonchev–Trinajstić information content (AvgIpc) is 2.62. The molecule has 2 nitrogen and oxygen atoms in total. The van der Waals surface area contributed by atoms with E-state index in [9.17, 15) is 0 Å². The predicted molar refractivity (Wildman–Crippen MR) is 52.3 cm³/mol. The molecule has 1 atom stereocenters. The number of hydrogen-bond acceptors (Lipinski definition) is 3. The summed E-state index contributed by atoms with van der Waals surface area (Å²) < 4.78 is 0. The SMILES string of the molecule is CCC(CC#N)c1csc(C#N)c1. The van der Waals surface area contributed by atoms with Gasteiger partial charge in [0.25, 0.3) is 0 Å². The van der Waals surface area contributed by atoms with Crippen LogP contribution in [0.15, 0.2) is 11.4 Å². The van der Waals surface area contributed by atoms with Crippen LogP contribution in [0.5, 0.6) is 0 Å². The Morgan fingerprint density at radius 1 is 1.54 bits per heavy atom. The normalized spacial score (nSPS) is 11.6. The number of nitriles is 2. The maximum Gasteiger partial charge on any atom is 0.110 e. The summed E-state index contributed by atoms with van der Waals surface area (Å²) in [5, 5.41) is 19.2. The van der Waals surface area contributed by atoms with Crippen molar-refractivity contribution in [1.29, 1.82) is 10.5 Å². The average molecular weight is 190 g/mol. The third-order valence-electron chi connectivity index (χ3n) is 2.03. The highest BCUT2D eigenvalue weighted by molar-refractivity contribution is 7.10. The van der Waals surface area contributed by atoms with E-state index < -0.39 is 0 Å². The molecule has 0 aliphatic heterocycles. The minimum atomic E-state index is 0.295. The van der Waals surface area contributed by atoms with Gasteiger partial charge in [-0.25, -0.2) is 0 Å². The van der Waals surface area contributed by atoms with E-state index in [-0.39, 0.29) is 0 Å². The van der Waals surface area contributed by atoms with Crippen molar-refractivity contribution < 1.29 is 0 Å². The Morgan fingerprint density at radius 3 is 2.77 bits per heavy atom. The highest BCUT2D eigenvalue weighted by atomic mass is 32.1. The lowest BCUT2D eigenvalue weighted by Gasteiger charge is -2.06. The summed E-state index contributed by atoms with van der Waals surface area (Å²) in [5.41, 5.74) is 1.13. The van der Waals surface area contributed by atoms with Gasteiger partial charge in [-0.3, -0.25) is 0 Å². The van der Waals surface area contributed by atoms with Crippen molar-refractivity contribution in [1.82, 2.24) is 0 Å². The molecule has 0 aliphatic carbocycles. The molecule has 13 heavy (non-hydrogen) atoms. The lowest BCUT2D eigenvalue weighted by atomic mass is 9.96. The van der Waals surface area contributed by atoms with Crippen LogP contribution in [-0.4, -0.2) is 0 Å². The van der Waals surface area contributed by atoms with E-state index in [2.05, 4.69) is 19.1 Å². The molecule has 3 heteroatoms. The fourth-order valence-electron chi connectivity index (χ4n) is 1.23. The van der Waals surface area contributed by atoms with Crippen molar-refractivity contribution in [3.05, 3.63) is 21.9 Å². The molecule has 0 radical (unpaired) electrons. The minimum absolute atomic E-state index is 0.295. The largest absolute Gasteiger partial charge is 0.198 e. The summed E-state index contributed by atoms with van der Waals surface area (Å²) in [5.74, 6) is 0.295. The van der Waals surface area contributed by atoms with Crippen molar-refractivity contribution in [3.8, 4) is 12.1 Å². The Labute approximate surface area is 82.0 Å². The van der Waals surface area contributed by atoms with Gasteiger partial charge in [0.1, 0.15) is 10.9 Å². The molecule has 1 rings (SSSR count). The lowest BCUT2D eigenvalue weighted by molar-refractivity contribution is 0.683. The van der Waals surface area contributed by atoms with Crippen LogP contribution < -0.4 is 0 Å². The van der Waals surface area contributed by atoms with E-state index in [4.69, 9.17) is 10.5 Å². The van der Waals surface area contributed by atoms with Gasteiger partial charge in [0.2, 0.25) is 0 Å². The van der Waals surface area contributed by atoms with Crippen LogP contribution in [0.3, 0.4) is 0 Å². The molecule has 0 spiro atoms. The highest BCUT2D eigenvalue weighted by Crippen LogP contribution is 2.26. The maximum absolute atomic E-state index is 8.63. The zero-order valence-electron chi connectivity index (χ0n) is 7.45. The molecule has 1 aromatic rings. The van der Waals surface area contributed by atoms with Gasteiger partial charge in [0.15, 0.2) is 0 Å². The van der Waals surface area contributed by atoms with Gasteiger partial charge in [-0.2, -0.15) is 10.5 Å². The molecule has 0 amide bonds. The predicted octanol–water partition coefficient (Wildman–Crippen LogP) is 3.03. The molecule has 0 bridgehead atoms. The van der Waals surface area contributed by atoms with E-state index >= 15 is 0 Å². The summed E-state index contributed by atoms with van der Waals surface area (Å²) >= 11 is 1.45. The number of thiophene rings is 1. The molecule has 66 valence electrons. The zero-order valence-corrected chi connectivity index (χ0v) is 8.27. The summed E-state index contributed by atoms with van der Waals surface area (Å²) in [6, 6.07) is 6.16. The smallest absolute Gasteiger partial charge is 0.110 e. The standard InChI is InChI=1S/C10H10N2S/c1-2-8(3-4-11)9-5-10(6-12)13-7-9/h5,7-8H,2-3H2,1H3. The van der Waals surface area contributed by atoms with Crippen molar-refractivity contribution in [2.24, 2.45) is 0 Å². The number of hydrogen-bond donors (Lipinski definition) is 0. The fraction of sp³-hybridized carbons (Fsp3) is 0.400. The lowest BCUT2D eigenvalue weighted by Crippen LogP contribution is -1.93. The van der Waals surface area contributed by atoms with Gasteiger partial charge in [0, 0.05) is 6.42 Å². The molecule has 0 N–H and O–H groups in total. The first-order valence-corrected chi connectivity index (χ1v) is 5.05. The van der Waals surface area contributed by atoms with Crippen LogP contribution in [0, 0.1) is 22.7 Å². The van der Waals surface area contributed by atoms with Gasteiger partial charge in [-0.1, -0.05) is 6.92 Å². The van der Waals surface area contributed by atoms with Gasteiger partial charge in [-0.15, -0.1) is 11.3 Å². The molecule has 1 heterocycles. The number of rotatable bonds is 3. The first-order valence-electron chi connectivity index (χ1n) is 4.17. The van der Waals surface area contributed by atoms with Gasteiger partial charge in [-0.05, 0) is 29.3 Å². The van der Waals surface area contributed by atoms with Crippen LogP contribution in [0.25, 0.3) is 0 Å². The quantitative estimate of drug-likeness (QED) is 0.735. The Hall–Kier alpha value is -1.32. The van der Waals surface area contributed by atoms with Gasteiger partial charge < -0.3 is 0 Å². The summed E-state index contributed by atoms with van der Waals surface area (Å²) in [4.78, 5) is 0.728. The Bertz CT molecular complexity index is 354. The van der Waals surface area contributed by atoms with Gasteiger partial charge in [0.05, 0.1) is 6.07 Å². The van der Waals surface area contributed by atoms with Crippen molar-refractivity contribution >= 4 is 11.3 Å². The van der Waals surface area contributed by atoms with Crippen molar-refractivity contribution in [3.63, 3.8) is 0 Å². The van der Waals surface area contributed by atoms with Crippen LogP contribution >= 0.6 is 11.3 Å². The van der Waals surface area contributed by atoms with E-state index in [0.717, 1.165) is 16.9 Å². The first-order chi connectivity index (χ1) is 6.31. The van der Waals surface area contributed by atoms with E-state index in [1.54, 1.807) is 0 Å². The van der Waals surface area contributed by atoms with Crippen molar-refractivity contribution in [2.75, 3.05) is 0 Å². The summed E-state index contributed by atoms with van der Waals surface area (Å²) in [6.07, 6.45) is 1.49. The first kappa shape index (κ1) is 9.77. The van der Waals surface area contributed by atoms with Crippen LogP contribution in [0.4, 0.5) is 0 Å². The molecule has 1 aromatic heterocycles. The monoisotopic (exact) mass is 190 g/mol. The Morgan fingerprint density at radius 2 is 2.31 bits per heavy atom. The number of nitrogens with zero attached hydrogens (tertiary/aromatic N) is 2. The third-order valence-corrected chi connectivity index (χ3v) is 2.88. The van der Waals surface area contributed by atoms with Crippen molar-refractivity contribution in [2.45, 2.75) is 25.7 Å².